The lowest BCUT2D eigenvalue weighted by atomic mass is 9.91. The Kier molecular flexibility index (Phi) is 4.71. The predicted octanol–water partition coefficient (Wildman–Crippen LogP) is 4.18. The standard InChI is InChI=1S/C18H21N3O/c1-13(11-18(2,3)4)14-5-7-15(8-6-14)17(22)21-16-9-10-19-12-20-16/h5-12H,1-4H3,(H,19,20,21,22)/b13-11+. The number of nitrogens with one attached hydrogen (secondary N) is 1. The van der Waals surface area contributed by atoms with E-state index >= 15 is 0 Å². The van der Waals surface area contributed by atoms with Gasteiger partial charge < -0.3 is 5.32 Å². The summed E-state index contributed by atoms with van der Waals surface area (Å²) >= 11 is 0. The number of carbonyl (C=O) groups is 1. The van der Waals surface area contributed by atoms with Crippen molar-refractivity contribution in [3.8, 4) is 0 Å². The van der Waals surface area contributed by atoms with Gasteiger partial charge in [0.25, 0.3) is 5.91 Å². The third-order valence-corrected chi connectivity index (χ3v) is 3.08. The van der Waals surface area contributed by atoms with Gasteiger partial charge in [-0.05, 0) is 41.7 Å². The number of anilines is 1. The van der Waals surface area contributed by atoms with Crippen LogP contribution < -0.4 is 5.32 Å². The van der Waals surface area contributed by atoms with E-state index in [1.165, 1.54) is 11.9 Å². The molecular formula is C18H21N3O. The number of carbonyl (C=O) groups excluding carboxylic acids is 1. The molecule has 0 fully saturated rings. The Balaban J connectivity index is 2.12. The molecule has 0 aliphatic rings. The van der Waals surface area contributed by atoms with Gasteiger partial charge in [0.1, 0.15) is 12.1 Å². The Labute approximate surface area is 131 Å². The van der Waals surface area contributed by atoms with E-state index in [9.17, 15) is 4.79 Å². The highest BCUT2D eigenvalue weighted by Crippen LogP contribution is 2.23. The Hall–Kier alpha value is -2.49. The maximum absolute atomic E-state index is 12.1. The van der Waals surface area contributed by atoms with Gasteiger partial charge in [-0.1, -0.05) is 39.0 Å². The van der Waals surface area contributed by atoms with Crippen LogP contribution in [0.4, 0.5) is 5.82 Å². The second-order valence-electron chi connectivity index (χ2n) is 6.32. The van der Waals surface area contributed by atoms with Crippen LogP contribution in [0.2, 0.25) is 0 Å². The van der Waals surface area contributed by atoms with Crippen molar-refractivity contribution in [3.05, 3.63) is 60.1 Å². The van der Waals surface area contributed by atoms with Crippen LogP contribution in [0.5, 0.6) is 0 Å². The van der Waals surface area contributed by atoms with Crippen LogP contribution in [0.15, 0.2) is 48.9 Å². The summed E-state index contributed by atoms with van der Waals surface area (Å²) in [6, 6.07) is 9.24. The SMILES string of the molecule is C/C(=C\C(C)(C)C)c1ccc(C(=O)Nc2ccncn2)cc1. The zero-order chi connectivity index (χ0) is 16.2. The second kappa shape index (κ2) is 6.52. The van der Waals surface area contributed by atoms with Crippen molar-refractivity contribution in [1.29, 1.82) is 0 Å². The average Bonchev–Trinajstić information content (AvgIpc) is 2.46. The van der Waals surface area contributed by atoms with Gasteiger partial charge in [-0.25, -0.2) is 9.97 Å². The largest absolute Gasteiger partial charge is 0.306 e. The summed E-state index contributed by atoms with van der Waals surface area (Å²) in [5.41, 5.74) is 3.06. The number of hydrogen-bond donors (Lipinski definition) is 1. The monoisotopic (exact) mass is 295 g/mol. The highest BCUT2D eigenvalue weighted by atomic mass is 16.1. The van der Waals surface area contributed by atoms with Crippen molar-refractivity contribution in [1.82, 2.24) is 9.97 Å². The lowest BCUT2D eigenvalue weighted by molar-refractivity contribution is 0.102. The van der Waals surface area contributed by atoms with Gasteiger partial charge in [0.05, 0.1) is 0 Å². The molecule has 22 heavy (non-hydrogen) atoms. The number of allylic oxidation sites excluding steroid dienone is 2. The number of amides is 1. The van der Waals surface area contributed by atoms with Crippen LogP contribution >= 0.6 is 0 Å². The molecule has 2 aromatic rings. The number of benzene rings is 1. The fourth-order valence-corrected chi connectivity index (χ4v) is 2.17. The quantitative estimate of drug-likeness (QED) is 0.924. The third kappa shape index (κ3) is 4.52. The molecule has 1 aromatic carbocycles. The van der Waals surface area contributed by atoms with Gasteiger partial charge in [0.2, 0.25) is 0 Å². The van der Waals surface area contributed by atoms with E-state index in [1.54, 1.807) is 12.3 Å². The lowest BCUT2D eigenvalue weighted by Crippen LogP contribution is -2.12. The van der Waals surface area contributed by atoms with E-state index in [2.05, 4.69) is 49.1 Å². The van der Waals surface area contributed by atoms with Crippen LogP contribution in [-0.4, -0.2) is 15.9 Å². The minimum absolute atomic E-state index is 0.132. The summed E-state index contributed by atoms with van der Waals surface area (Å²) < 4.78 is 0. The van der Waals surface area contributed by atoms with E-state index in [0.29, 0.717) is 11.4 Å². The molecule has 1 amide bonds. The van der Waals surface area contributed by atoms with E-state index in [1.807, 2.05) is 24.3 Å². The van der Waals surface area contributed by atoms with E-state index in [0.717, 1.165) is 5.56 Å². The molecule has 114 valence electrons. The van der Waals surface area contributed by atoms with Gasteiger partial charge in [-0.2, -0.15) is 0 Å². The lowest BCUT2D eigenvalue weighted by Gasteiger charge is -2.14. The number of rotatable bonds is 3. The van der Waals surface area contributed by atoms with Crippen molar-refractivity contribution in [3.63, 3.8) is 0 Å². The first kappa shape index (κ1) is 15.9. The van der Waals surface area contributed by atoms with Crippen molar-refractivity contribution in [2.45, 2.75) is 27.7 Å². The molecule has 4 nitrogen and oxygen atoms in total. The molecule has 4 heteroatoms. The zero-order valence-corrected chi connectivity index (χ0v) is 13.4. The van der Waals surface area contributed by atoms with Crippen molar-refractivity contribution in [2.24, 2.45) is 5.41 Å². The molecule has 1 N–H and O–H groups in total. The van der Waals surface area contributed by atoms with Gasteiger partial charge in [-0.15, -0.1) is 0 Å². The Morgan fingerprint density at radius 1 is 1.09 bits per heavy atom. The molecule has 0 atom stereocenters. The van der Waals surface area contributed by atoms with E-state index in [4.69, 9.17) is 0 Å². The molecule has 1 aromatic heterocycles. The van der Waals surface area contributed by atoms with Crippen LogP contribution in [0.1, 0.15) is 43.6 Å². The van der Waals surface area contributed by atoms with Crippen LogP contribution in [-0.2, 0) is 0 Å². The molecule has 0 radical (unpaired) electrons. The fourth-order valence-electron chi connectivity index (χ4n) is 2.17. The molecule has 0 saturated heterocycles. The highest BCUT2D eigenvalue weighted by molar-refractivity contribution is 6.03. The molecule has 0 spiro atoms. The predicted molar refractivity (Wildman–Crippen MR) is 89.5 cm³/mol. The molecule has 0 unspecified atom stereocenters. The minimum Gasteiger partial charge on any atom is -0.306 e. The third-order valence-electron chi connectivity index (χ3n) is 3.08. The first-order valence-corrected chi connectivity index (χ1v) is 7.22. The van der Waals surface area contributed by atoms with Gasteiger partial charge in [0.15, 0.2) is 0 Å². The highest BCUT2D eigenvalue weighted by Gasteiger charge is 2.09. The van der Waals surface area contributed by atoms with Crippen LogP contribution in [0.3, 0.4) is 0 Å². The smallest absolute Gasteiger partial charge is 0.256 e. The zero-order valence-electron chi connectivity index (χ0n) is 13.4. The molecule has 0 bridgehead atoms. The summed E-state index contributed by atoms with van der Waals surface area (Å²) in [6.45, 7) is 8.58. The molecule has 0 aliphatic heterocycles. The maximum atomic E-state index is 12.1. The molecule has 2 rings (SSSR count). The topological polar surface area (TPSA) is 54.9 Å². The van der Waals surface area contributed by atoms with E-state index < -0.39 is 0 Å². The Bertz CT molecular complexity index is 668. The van der Waals surface area contributed by atoms with Crippen LogP contribution in [0.25, 0.3) is 5.57 Å². The molecule has 1 heterocycles. The normalized spacial score (nSPS) is 12.1. The maximum Gasteiger partial charge on any atom is 0.256 e. The van der Waals surface area contributed by atoms with Crippen LogP contribution in [0, 0.1) is 5.41 Å². The first-order valence-electron chi connectivity index (χ1n) is 7.22. The molecule has 0 saturated carbocycles. The van der Waals surface area contributed by atoms with Gasteiger partial charge in [-0.3, -0.25) is 4.79 Å². The summed E-state index contributed by atoms with van der Waals surface area (Å²) in [6.07, 6.45) is 5.22. The Morgan fingerprint density at radius 3 is 2.27 bits per heavy atom. The number of nitrogens with zero attached hydrogens (tertiary/aromatic N) is 2. The van der Waals surface area contributed by atoms with Crippen molar-refractivity contribution in [2.75, 3.05) is 5.32 Å². The average molecular weight is 295 g/mol. The number of hydrogen-bond acceptors (Lipinski definition) is 3. The molecular weight excluding hydrogens is 274 g/mol. The van der Waals surface area contributed by atoms with Gasteiger partial charge >= 0.3 is 0 Å². The van der Waals surface area contributed by atoms with Crippen molar-refractivity contribution < 1.29 is 4.79 Å². The fraction of sp³-hybridized carbons (Fsp3) is 0.278. The summed E-state index contributed by atoms with van der Waals surface area (Å²) in [5.74, 6) is 0.315. The summed E-state index contributed by atoms with van der Waals surface area (Å²) in [5, 5.41) is 2.74. The second-order valence-corrected chi connectivity index (χ2v) is 6.32. The first-order chi connectivity index (χ1) is 10.3. The van der Waals surface area contributed by atoms with Gasteiger partial charge in [0, 0.05) is 11.8 Å². The summed E-state index contributed by atoms with van der Waals surface area (Å²) in [4.78, 5) is 19.9. The van der Waals surface area contributed by atoms with E-state index in [-0.39, 0.29) is 11.3 Å². The minimum atomic E-state index is -0.178. The summed E-state index contributed by atoms with van der Waals surface area (Å²) in [7, 11) is 0. The van der Waals surface area contributed by atoms with Crippen molar-refractivity contribution >= 4 is 17.3 Å². The Morgan fingerprint density at radius 2 is 1.73 bits per heavy atom. The number of aromatic nitrogens is 2. The molecule has 0 aliphatic carbocycles.